The van der Waals surface area contributed by atoms with E-state index in [2.05, 4.69) is 46.6 Å². The van der Waals surface area contributed by atoms with Crippen LogP contribution in [0.2, 0.25) is 0 Å². The van der Waals surface area contributed by atoms with Crippen LogP contribution in [-0.4, -0.2) is 23.2 Å². The number of nitrogens with zero attached hydrogens (tertiary/aromatic N) is 2. The fourth-order valence-electron chi connectivity index (χ4n) is 2.06. The van der Waals surface area contributed by atoms with Gasteiger partial charge in [0.05, 0.1) is 6.61 Å². The zero-order valence-corrected chi connectivity index (χ0v) is 13.2. The van der Waals surface area contributed by atoms with Crippen LogP contribution in [0.3, 0.4) is 0 Å². The van der Waals surface area contributed by atoms with Gasteiger partial charge in [-0.15, -0.1) is 0 Å². The normalized spacial score (nSPS) is 13.4. The van der Waals surface area contributed by atoms with Crippen molar-refractivity contribution in [1.82, 2.24) is 4.98 Å². The Morgan fingerprint density at radius 2 is 1.95 bits per heavy atom. The summed E-state index contributed by atoms with van der Waals surface area (Å²) in [7, 11) is 2.08. The van der Waals surface area contributed by atoms with E-state index in [-0.39, 0.29) is 12.0 Å². The number of anilines is 1. The van der Waals surface area contributed by atoms with Crippen molar-refractivity contribution < 1.29 is 5.11 Å². The van der Waals surface area contributed by atoms with E-state index in [1.807, 2.05) is 12.1 Å². The molecule has 1 atom stereocenters. The number of rotatable bonds is 5. The van der Waals surface area contributed by atoms with Crippen molar-refractivity contribution in [2.45, 2.75) is 65.5 Å². The van der Waals surface area contributed by atoms with Crippen molar-refractivity contribution >= 4 is 5.82 Å². The van der Waals surface area contributed by atoms with Crippen molar-refractivity contribution in [3.8, 4) is 0 Å². The van der Waals surface area contributed by atoms with Crippen LogP contribution in [0, 0.1) is 0 Å². The van der Waals surface area contributed by atoms with E-state index < -0.39 is 0 Å². The van der Waals surface area contributed by atoms with Crippen LogP contribution in [0.5, 0.6) is 0 Å². The molecule has 0 saturated heterocycles. The van der Waals surface area contributed by atoms with Gasteiger partial charge in [-0.1, -0.05) is 34.1 Å². The lowest BCUT2D eigenvalue weighted by atomic mass is 9.90. The standard InChI is InChI=1S/C16H28N2O/c1-7-8-12(2)18(6)15-10-13(11-19)9-14(17-15)16(3,4)5/h9-10,12,19H,7-8,11H2,1-6H3. The minimum Gasteiger partial charge on any atom is -0.392 e. The molecule has 1 heterocycles. The largest absolute Gasteiger partial charge is 0.392 e. The number of aromatic nitrogens is 1. The van der Waals surface area contributed by atoms with E-state index in [9.17, 15) is 5.11 Å². The molecule has 0 aromatic carbocycles. The third-order valence-corrected chi connectivity index (χ3v) is 3.55. The quantitative estimate of drug-likeness (QED) is 0.884. The van der Waals surface area contributed by atoms with E-state index in [1.54, 1.807) is 0 Å². The molecule has 0 aliphatic carbocycles. The third-order valence-electron chi connectivity index (χ3n) is 3.55. The molecule has 3 nitrogen and oxygen atoms in total. The van der Waals surface area contributed by atoms with Gasteiger partial charge in [-0.25, -0.2) is 4.98 Å². The third kappa shape index (κ3) is 4.20. The second-order valence-electron chi connectivity index (χ2n) is 6.38. The Kier molecular flexibility index (Phi) is 5.36. The van der Waals surface area contributed by atoms with Gasteiger partial charge in [-0.05, 0) is 31.0 Å². The van der Waals surface area contributed by atoms with Gasteiger partial charge < -0.3 is 10.0 Å². The number of aliphatic hydroxyl groups excluding tert-OH is 1. The maximum atomic E-state index is 9.43. The summed E-state index contributed by atoms with van der Waals surface area (Å²) in [5.41, 5.74) is 1.96. The number of pyridine rings is 1. The Morgan fingerprint density at radius 3 is 2.42 bits per heavy atom. The van der Waals surface area contributed by atoms with E-state index in [1.165, 1.54) is 0 Å². The highest BCUT2D eigenvalue weighted by Gasteiger charge is 2.19. The lowest BCUT2D eigenvalue weighted by Crippen LogP contribution is -2.30. The lowest BCUT2D eigenvalue weighted by molar-refractivity contribution is 0.281. The first-order valence-electron chi connectivity index (χ1n) is 7.14. The van der Waals surface area contributed by atoms with E-state index in [0.29, 0.717) is 6.04 Å². The fraction of sp³-hybridized carbons (Fsp3) is 0.688. The predicted molar refractivity (Wildman–Crippen MR) is 81.6 cm³/mol. The molecule has 1 aromatic rings. The average Bonchev–Trinajstić information content (AvgIpc) is 2.36. The SMILES string of the molecule is CCCC(C)N(C)c1cc(CO)cc(C(C)(C)C)n1. The molecule has 1 rings (SSSR count). The van der Waals surface area contributed by atoms with Gasteiger partial charge in [-0.3, -0.25) is 0 Å². The molecule has 1 N–H and O–H groups in total. The zero-order chi connectivity index (χ0) is 14.6. The molecule has 0 radical (unpaired) electrons. The topological polar surface area (TPSA) is 36.4 Å². The molecule has 0 fully saturated rings. The molecule has 108 valence electrons. The fourth-order valence-corrected chi connectivity index (χ4v) is 2.06. The summed E-state index contributed by atoms with van der Waals surface area (Å²) in [4.78, 5) is 6.98. The summed E-state index contributed by atoms with van der Waals surface area (Å²) in [6.45, 7) is 10.9. The number of hydrogen-bond acceptors (Lipinski definition) is 3. The molecule has 0 saturated carbocycles. The van der Waals surface area contributed by atoms with Crippen molar-refractivity contribution in [2.24, 2.45) is 0 Å². The molecule has 3 heteroatoms. The van der Waals surface area contributed by atoms with Crippen LogP contribution in [0.1, 0.15) is 58.7 Å². The monoisotopic (exact) mass is 264 g/mol. The van der Waals surface area contributed by atoms with Gasteiger partial charge in [-0.2, -0.15) is 0 Å². The van der Waals surface area contributed by atoms with Gasteiger partial charge in [0, 0.05) is 24.2 Å². The second-order valence-corrected chi connectivity index (χ2v) is 6.38. The van der Waals surface area contributed by atoms with Crippen molar-refractivity contribution in [3.05, 3.63) is 23.4 Å². The Hall–Kier alpha value is -1.09. The van der Waals surface area contributed by atoms with Crippen LogP contribution < -0.4 is 4.90 Å². The van der Waals surface area contributed by atoms with Crippen LogP contribution in [-0.2, 0) is 12.0 Å². The van der Waals surface area contributed by atoms with Crippen molar-refractivity contribution in [2.75, 3.05) is 11.9 Å². The summed E-state index contributed by atoms with van der Waals surface area (Å²) in [5.74, 6) is 0.956. The minimum atomic E-state index is -0.00519. The number of hydrogen-bond donors (Lipinski definition) is 1. The highest BCUT2D eigenvalue weighted by Crippen LogP contribution is 2.25. The first kappa shape index (κ1) is 16.0. The Morgan fingerprint density at radius 1 is 1.32 bits per heavy atom. The summed E-state index contributed by atoms with van der Waals surface area (Å²) in [6.07, 6.45) is 2.31. The van der Waals surface area contributed by atoms with Gasteiger partial charge in [0.2, 0.25) is 0 Å². The predicted octanol–water partition coefficient (Wildman–Crippen LogP) is 3.50. The molecule has 0 bridgehead atoms. The first-order valence-corrected chi connectivity index (χ1v) is 7.14. The molecular weight excluding hydrogens is 236 g/mol. The van der Waals surface area contributed by atoms with E-state index in [4.69, 9.17) is 4.98 Å². The maximum absolute atomic E-state index is 9.43. The van der Waals surface area contributed by atoms with Gasteiger partial charge in [0.25, 0.3) is 0 Å². The van der Waals surface area contributed by atoms with Crippen molar-refractivity contribution in [1.29, 1.82) is 0 Å². The molecule has 1 unspecified atom stereocenters. The molecular formula is C16H28N2O. The zero-order valence-electron chi connectivity index (χ0n) is 13.2. The smallest absolute Gasteiger partial charge is 0.129 e. The van der Waals surface area contributed by atoms with E-state index >= 15 is 0 Å². The molecule has 0 amide bonds. The van der Waals surface area contributed by atoms with Crippen LogP contribution in [0.25, 0.3) is 0 Å². The minimum absolute atomic E-state index is 0.00519. The highest BCUT2D eigenvalue weighted by atomic mass is 16.3. The van der Waals surface area contributed by atoms with Crippen molar-refractivity contribution in [3.63, 3.8) is 0 Å². The van der Waals surface area contributed by atoms with Gasteiger partial charge in [0.1, 0.15) is 5.82 Å². The summed E-state index contributed by atoms with van der Waals surface area (Å²) < 4.78 is 0. The molecule has 0 aliphatic heterocycles. The average molecular weight is 264 g/mol. The highest BCUT2D eigenvalue weighted by molar-refractivity contribution is 5.44. The molecule has 1 aromatic heterocycles. The number of aliphatic hydroxyl groups is 1. The van der Waals surface area contributed by atoms with Crippen LogP contribution in [0.15, 0.2) is 12.1 Å². The lowest BCUT2D eigenvalue weighted by Gasteiger charge is -2.28. The van der Waals surface area contributed by atoms with Gasteiger partial charge >= 0.3 is 0 Å². The molecule has 0 spiro atoms. The maximum Gasteiger partial charge on any atom is 0.129 e. The second kappa shape index (κ2) is 6.38. The van der Waals surface area contributed by atoms with Gasteiger partial charge in [0.15, 0.2) is 0 Å². The van der Waals surface area contributed by atoms with E-state index in [0.717, 1.165) is 29.9 Å². The molecule has 0 aliphatic rings. The Balaban J connectivity index is 3.13. The van der Waals surface area contributed by atoms with Crippen LogP contribution in [0.4, 0.5) is 5.82 Å². The Bertz CT molecular complexity index is 410. The summed E-state index contributed by atoms with van der Waals surface area (Å²) in [5, 5.41) is 9.43. The Labute approximate surface area is 117 Å². The first-order chi connectivity index (χ1) is 8.79. The summed E-state index contributed by atoms with van der Waals surface area (Å²) in [6, 6.07) is 4.45. The summed E-state index contributed by atoms with van der Waals surface area (Å²) >= 11 is 0. The molecule has 19 heavy (non-hydrogen) atoms. The van der Waals surface area contributed by atoms with Crippen LogP contribution >= 0.6 is 0 Å².